The Morgan fingerprint density at radius 2 is 2.30 bits per heavy atom. The molecule has 1 unspecified atom stereocenters. The van der Waals surface area contributed by atoms with Crippen LogP contribution in [-0.2, 0) is 10.0 Å². The Morgan fingerprint density at radius 1 is 1.55 bits per heavy atom. The van der Waals surface area contributed by atoms with E-state index in [2.05, 4.69) is 4.98 Å². The highest BCUT2D eigenvalue weighted by Gasteiger charge is 2.43. The third kappa shape index (κ3) is 2.05. The fourth-order valence-corrected chi connectivity index (χ4v) is 5.17. The van der Waals surface area contributed by atoms with Gasteiger partial charge in [-0.1, -0.05) is 11.6 Å². The first kappa shape index (κ1) is 14.2. The summed E-state index contributed by atoms with van der Waals surface area (Å²) in [6.07, 6.45) is 1.77. The summed E-state index contributed by atoms with van der Waals surface area (Å²) in [6, 6.07) is 0. The molecule has 1 aliphatic heterocycles. The summed E-state index contributed by atoms with van der Waals surface area (Å²) in [6.45, 7) is -0.500. The van der Waals surface area contributed by atoms with E-state index in [0.29, 0.717) is 4.96 Å². The second kappa shape index (κ2) is 4.65. The molecule has 0 bridgehead atoms. The lowest BCUT2D eigenvalue weighted by Crippen LogP contribution is -2.39. The zero-order chi connectivity index (χ0) is 14.5. The van der Waals surface area contributed by atoms with E-state index in [4.69, 9.17) is 16.7 Å². The van der Waals surface area contributed by atoms with Crippen LogP contribution >= 0.6 is 22.9 Å². The molecule has 3 heterocycles. The van der Waals surface area contributed by atoms with Crippen LogP contribution in [0.5, 0.6) is 0 Å². The van der Waals surface area contributed by atoms with Gasteiger partial charge in [-0.25, -0.2) is 13.4 Å². The minimum absolute atomic E-state index is 0.0868. The standard InChI is InChI=1S/C10H12ClN3O4S2/c11-7-8(14-3-4-19-9(14)12-7)20(17,18)13-2-1-10(16,5-13)6-15/h3-4,15-16H,1-2,5-6H2. The van der Waals surface area contributed by atoms with Gasteiger partial charge in [0.25, 0.3) is 10.0 Å². The van der Waals surface area contributed by atoms with E-state index in [0.717, 1.165) is 4.31 Å². The largest absolute Gasteiger partial charge is 0.393 e. The summed E-state index contributed by atoms with van der Waals surface area (Å²) in [4.78, 5) is 4.49. The molecule has 7 nitrogen and oxygen atoms in total. The second-order valence-corrected chi connectivity index (χ2v) is 7.82. The predicted octanol–water partition coefficient (Wildman–Crippen LogP) is 0.167. The van der Waals surface area contributed by atoms with Crippen molar-refractivity contribution in [3.05, 3.63) is 16.7 Å². The Balaban J connectivity index is 2.05. The molecule has 10 heteroatoms. The number of rotatable bonds is 3. The van der Waals surface area contributed by atoms with Gasteiger partial charge in [-0.05, 0) is 6.42 Å². The fraction of sp³-hybridized carbons (Fsp3) is 0.500. The van der Waals surface area contributed by atoms with E-state index in [9.17, 15) is 13.5 Å². The van der Waals surface area contributed by atoms with Gasteiger partial charge in [-0.3, -0.25) is 4.40 Å². The summed E-state index contributed by atoms with van der Waals surface area (Å²) in [5, 5.41) is 20.6. The molecule has 1 fully saturated rings. The molecule has 2 N–H and O–H groups in total. The van der Waals surface area contributed by atoms with Crippen LogP contribution < -0.4 is 0 Å². The number of aliphatic hydroxyl groups is 2. The first-order chi connectivity index (χ1) is 9.37. The number of hydrogen-bond donors (Lipinski definition) is 2. The minimum Gasteiger partial charge on any atom is -0.393 e. The molecule has 1 atom stereocenters. The normalized spacial score (nSPS) is 24.8. The van der Waals surface area contributed by atoms with Crippen molar-refractivity contribution in [3.8, 4) is 0 Å². The van der Waals surface area contributed by atoms with Crippen molar-refractivity contribution in [2.45, 2.75) is 17.0 Å². The van der Waals surface area contributed by atoms with Crippen molar-refractivity contribution in [2.24, 2.45) is 0 Å². The Bertz CT molecular complexity index is 756. The van der Waals surface area contributed by atoms with E-state index < -0.39 is 22.2 Å². The lowest BCUT2D eigenvalue weighted by molar-refractivity contribution is -0.000745. The maximum atomic E-state index is 12.6. The average molecular weight is 338 g/mol. The maximum absolute atomic E-state index is 12.6. The Morgan fingerprint density at radius 3 is 2.95 bits per heavy atom. The first-order valence-corrected chi connectivity index (χ1v) is 8.52. The third-order valence-corrected chi connectivity index (χ3v) is 6.36. The molecule has 2 aromatic heterocycles. The molecule has 0 spiro atoms. The number of halogens is 1. The quantitative estimate of drug-likeness (QED) is 0.832. The van der Waals surface area contributed by atoms with Crippen molar-refractivity contribution in [3.63, 3.8) is 0 Å². The van der Waals surface area contributed by atoms with Gasteiger partial charge in [0.15, 0.2) is 15.1 Å². The van der Waals surface area contributed by atoms with Gasteiger partial charge in [0, 0.05) is 24.7 Å². The Hall–Kier alpha value is -0.710. The molecule has 2 aromatic rings. The van der Waals surface area contributed by atoms with Crippen LogP contribution in [0.2, 0.25) is 5.15 Å². The van der Waals surface area contributed by atoms with Gasteiger partial charge in [-0.2, -0.15) is 4.31 Å². The van der Waals surface area contributed by atoms with Crippen LogP contribution in [0.15, 0.2) is 16.6 Å². The monoisotopic (exact) mass is 337 g/mol. The number of imidazole rings is 1. The molecule has 1 aliphatic rings. The first-order valence-electron chi connectivity index (χ1n) is 5.82. The smallest absolute Gasteiger partial charge is 0.262 e. The second-order valence-electron chi connectivity index (χ2n) is 4.73. The number of aromatic nitrogens is 2. The number of thiazole rings is 1. The summed E-state index contributed by atoms with van der Waals surface area (Å²) < 4.78 is 27.8. The number of sulfonamides is 1. The molecule has 110 valence electrons. The van der Waals surface area contributed by atoms with Crippen LogP contribution in [0.1, 0.15) is 6.42 Å². The Kier molecular flexibility index (Phi) is 3.31. The summed E-state index contributed by atoms with van der Waals surface area (Å²) in [7, 11) is -3.87. The van der Waals surface area contributed by atoms with Gasteiger partial charge < -0.3 is 10.2 Å². The zero-order valence-electron chi connectivity index (χ0n) is 10.2. The summed E-state index contributed by atoms with van der Waals surface area (Å²) >= 11 is 7.21. The fourth-order valence-electron chi connectivity index (χ4n) is 2.25. The summed E-state index contributed by atoms with van der Waals surface area (Å²) in [5.41, 5.74) is -1.39. The molecule has 20 heavy (non-hydrogen) atoms. The highest BCUT2D eigenvalue weighted by atomic mass is 35.5. The van der Waals surface area contributed by atoms with Gasteiger partial charge in [0.2, 0.25) is 0 Å². The number of aliphatic hydroxyl groups excluding tert-OH is 1. The number of β-amino-alcohol motifs (C(OH)–C–C–N with tert-alkyl or cyclic N) is 1. The van der Waals surface area contributed by atoms with E-state index in [1.807, 2.05) is 0 Å². The molecular weight excluding hydrogens is 326 g/mol. The van der Waals surface area contributed by atoms with Crippen LogP contribution in [0.25, 0.3) is 4.96 Å². The van der Waals surface area contributed by atoms with Crippen molar-refractivity contribution in [1.82, 2.24) is 13.7 Å². The van der Waals surface area contributed by atoms with Crippen molar-refractivity contribution >= 4 is 37.9 Å². The van der Waals surface area contributed by atoms with Gasteiger partial charge >= 0.3 is 0 Å². The molecule has 3 rings (SSSR count). The highest BCUT2D eigenvalue weighted by molar-refractivity contribution is 7.89. The maximum Gasteiger partial charge on any atom is 0.262 e. The van der Waals surface area contributed by atoms with Crippen LogP contribution in [0.3, 0.4) is 0 Å². The molecule has 0 radical (unpaired) electrons. The average Bonchev–Trinajstić information content (AvgIpc) is 3.03. The predicted molar refractivity (Wildman–Crippen MR) is 73.5 cm³/mol. The lowest BCUT2D eigenvalue weighted by Gasteiger charge is -2.20. The van der Waals surface area contributed by atoms with Crippen molar-refractivity contribution in [2.75, 3.05) is 19.7 Å². The molecule has 0 aromatic carbocycles. The van der Waals surface area contributed by atoms with Gasteiger partial charge in [0.1, 0.15) is 5.60 Å². The molecular formula is C10H12ClN3O4S2. The zero-order valence-corrected chi connectivity index (χ0v) is 12.6. The molecule has 0 aliphatic carbocycles. The van der Waals surface area contributed by atoms with Crippen molar-refractivity contribution in [1.29, 1.82) is 0 Å². The van der Waals surface area contributed by atoms with E-state index in [1.54, 1.807) is 11.6 Å². The van der Waals surface area contributed by atoms with Crippen LogP contribution in [0, 0.1) is 0 Å². The van der Waals surface area contributed by atoms with Gasteiger partial charge in [-0.15, -0.1) is 11.3 Å². The minimum atomic E-state index is -3.87. The van der Waals surface area contributed by atoms with E-state index in [-0.39, 0.29) is 29.7 Å². The van der Waals surface area contributed by atoms with Crippen LogP contribution in [-0.4, -0.2) is 57.6 Å². The summed E-state index contributed by atoms with van der Waals surface area (Å²) in [5.74, 6) is 0. The SMILES string of the molecule is O=S(=O)(c1c(Cl)nc2sccn12)N1CCC(O)(CO)C1. The van der Waals surface area contributed by atoms with Crippen LogP contribution in [0.4, 0.5) is 0 Å². The molecule has 1 saturated heterocycles. The Labute approximate surface area is 124 Å². The number of fused-ring (bicyclic) bond motifs is 1. The number of hydrogen-bond acceptors (Lipinski definition) is 6. The van der Waals surface area contributed by atoms with E-state index in [1.165, 1.54) is 15.7 Å². The lowest BCUT2D eigenvalue weighted by atomic mass is 10.1. The van der Waals surface area contributed by atoms with E-state index >= 15 is 0 Å². The molecule has 0 amide bonds. The van der Waals surface area contributed by atoms with Gasteiger partial charge in [0.05, 0.1) is 6.61 Å². The van der Waals surface area contributed by atoms with Crippen molar-refractivity contribution < 1.29 is 18.6 Å². The number of nitrogens with zero attached hydrogens (tertiary/aromatic N) is 3. The topological polar surface area (TPSA) is 95.1 Å². The molecule has 0 saturated carbocycles. The highest BCUT2D eigenvalue weighted by Crippen LogP contribution is 2.31. The third-order valence-electron chi connectivity index (χ3n) is 3.35.